The van der Waals surface area contributed by atoms with Gasteiger partial charge in [0, 0.05) is 16.7 Å². The fourth-order valence-electron chi connectivity index (χ4n) is 4.33. The zero-order valence-corrected chi connectivity index (χ0v) is 21.5. The number of nitrogens with one attached hydrogen (secondary N) is 1. The Bertz CT molecular complexity index is 1660. The standard InChI is InChI=1S/C26H21F4N5O4S/c1-24(22(31)37)11-39-20-15(24)9-18(35-19(20)12-2-5-14(27)6-3-12)25(38,26(28,29)30)10-33-21(36)13-4-7-16-17(8-13)40-23(32)34-16/h2-9,38H,10-11H2,1H3,(H2,31,37)(H2,32,34)(H,33,36)/t24-,25-/m0/s1. The highest BCUT2D eigenvalue weighted by atomic mass is 32.1. The van der Waals surface area contributed by atoms with Crippen LogP contribution < -0.4 is 21.5 Å². The fraction of sp³-hybridized carbons (Fsp3) is 0.231. The van der Waals surface area contributed by atoms with E-state index in [-0.39, 0.29) is 39.9 Å². The quantitative estimate of drug-likeness (QED) is 0.257. The van der Waals surface area contributed by atoms with E-state index in [9.17, 15) is 32.3 Å². The van der Waals surface area contributed by atoms with Crippen LogP contribution in [0, 0.1) is 5.82 Å². The van der Waals surface area contributed by atoms with Crippen LogP contribution in [-0.4, -0.2) is 46.2 Å². The highest BCUT2D eigenvalue weighted by Crippen LogP contribution is 2.47. The summed E-state index contributed by atoms with van der Waals surface area (Å²) in [6, 6.07) is 9.84. The number of rotatable bonds is 6. The summed E-state index contributed by atoms with van der Waals surface area (Å²) >= 11 is 1.10. The van der Waals surface area contributed by atoms with Crippen molar-refractivity contribution in [1.29, 1.82) is 0 Å². The van der Waals surface area contributed by atoms with Crippen LogP contribution in [0.3, 0.4) is 0 Å². The molecule has 0 spiro atoms. The Hall–Kier alpha value is -4.30. The molecule has 0 saturated carbocycles. The predicted octanol–water partition coefficient (Wildman–Crippen LogP) is 3.39. The van der Waals surface area contributed by atoms with Crippen LogP contribution >= 0.6 is 11.3 Å². The van der Waals surface area contributed by atoms with Crippen molar-refractivity contribution >= 4 is 38.5 Å². The van der Waals surface area contributed by atoms with Gasteiger partial charge in [-0.05, 0) is 55.5 Å². The van der Waals surface area contributed by atoms with Gasteiger partial charge in [0.15, 0.2) is 5.13 Å². The predicted molar refractivity (Wildman–Crippen MR) is 138 cm³/mol. The lowest BCUT2D eigenvalue weighted by atomic mass is 9.81. The number of anilines is 1. The maximum atomic E-state index is 14.5. The van der Waals surface area contributed by atoms with Gasteiger partial charge in [-0.1, -0.05) is 11.3 Å². The molecular weight excluding hydrogens is 554 g/mol. The maximum absolute atomic E-state index is 14.5. The second-order valence-corrected chi connectivity index (χ2v) is 10.6. The molecule has 208 valence electrons. The van der Waals surface area contributed by atoms with E-state index in [1.54, 1.807) is 0 Å². The lowest BCUT2D eigenvalue weighted by Crippen LogP contribution is -2.51. The van der Waals surface area contributed by atoms with Crippen LogP contribution in [0.25, 0.3) is 21.5 Å². The Labute approximate surface area is 227 Å². The number of halogens is 4. The van der Waals surface area contributed by atoms with E-state index in [0.717, 1.165) is 29.5 Å². The largest absolute Gasteiger partial charge is 0.489 e. The van der Waals surface area contributed by atoms with Gasteiger partial charge >= 0.3 is 6.18 Å². The van der Waals surface area contributed by atoms with Crippen molar-refractivity contribution < 1.29 is 37.0 Å². The van der Waals surface area contributed by atoms with Gasteiger partial charge in [-0.3, -0.25) is 9.59 Å². The molecule has 0 fully saturated rings. The number of nitrogens with two attached hydrogens (primary N) is 2. The second-order valence-electron chi connectivity index (χ2n) is 9.50. The second kappa shape index (κ2) is 9.41. The molecule has 4 aromatic rings. The van der Waals surface area contributed by atoms with Crippen LogP contribution in [0.15, 0.2) is 48.5 Å². The van der Waals surface area contributed by atoms with E-state index >= 15 is 0 Å². The Morgan fingerprint density at radius 1 is 1.15 bits per heavy atom. The molecule has 2 aromatic carbocycles. The third-order valence-corrected chi connectivity index (χ3v) is 7.65. The molecule has 2 atom stereocenters. The molecule has 6 N–H and O–H groups in total. The highest BCUT2D eigenvalue weighted by molar-refractivity contribution is 7.22. The number of pyridine rings is 1. The van der Waals surface area contributed by atoms with Crippen molar-refractivity contribution in [2.75, 3.05) is 18.9 Å². The average Bonchev–Trinajstić information content (AvgIpc) is 3.45. The number of carbonyl (C=O) groups is 2. The van der Waals surface area contributed by atoms with Crippen molar-refractivity contribution in [2.45, 2.75) is 24.1 Å². The Morgan fingerprint density at radius 3 is 2.50 bits per heavy atom. The van der Waals surface area contributed by atoms with Crippen molar-refractivity contribution in [3.8, 4) is 17.0 Å². The Morgan fingerprint density at radius 2 is 1.85 bits per heavy atom. The first-order valence-corrected chi connectivity index (χ1v) is 12.5. The number of ether oxygens (including phenoxy) is 1. The molecule has 2 aromatic heterocycles. The van der Waals surface area contributed by atoms with Crippen molar-refractivity contribution in [3.05, 3.63) is 71.2 Å². The number of aromatic nitrogens is 2. The fourth-order valence-corrected chi connectivity index (χ4v) is 5.11. The topological polar surface area (TPSA) is 153 Å². The zero-order chi connectivity index (χ0) is 29.0. The first-order valence-electron chi connectivity index (χ1n) is 11.7. The molecule has 3 heterocycles. The molecule has 0 unspecified atom stereocenters. The van der Waals surface area contributed by atoms with Crippen LogP contribution in [0.2, 0.25) is 0 Å². The normalized spacial score (nSPS) is 18.1. The number of hydrogen-bond acceptors (Lipinski definition) is 8. The number of aliphatic hydroxyl groups is 1. The lowest BCUT2D eigenvalue weighted by Gasteiger charge is -2.31. The molecule has 0 aliphatic carbocycles. The minimum absolute atomic E-state index is 0.0179. The van der Waals surface area contributed by atoms with E-state index in [1.807, 2.05) is 0 Å². The number of benzene rings is 2. The monoisotopic (exact) mass is 575 g/mol. The summed E-state index contributed by atoms with van der Waals surface area (Å²) in [5, 5.41) is 13.5. The van der Waals surface area contributed by atoms with E-state index in [2.05, 4.69) is 15.3 Å². The molecule has 0 saturated heterocycles. The number of hydrogen-bond donors (Lipinski definition) is 4. The summed E-state index contributed by atoms with van der Waals surface area (Å²) in [4.78, 5) is 33.3. The van der Waals surface area contributed by atoms with Crippen molar-refractivity contribution in [1.82, 2.24) is 15.3 Å². The number of alkyl halides is 3. The molecule has 0 bridgehead atoms. The van der Waals surface area contributed by atoms with Gasteiger partial charge in [-0.2, -0.15) is 13.2 Å². The van der Waals surface area contributed by atoms with Crippen molar-refractivity contribution in [2.24, 2.45) is 5.73 Å². The van der Waals surface area contributed by atoms with Gasteiger partial charge in [0.05, 0.1) is 22.5 Å². The molecule has 1 aliphatic rings. The molecule has 5 rings (SSSR count). The number of thiazole rings is 1. The lowest BCUT2D eigenvalue weighted by molar-refractivity contribution is -0.265. The van der Waals surface area contributed by atoms with Crippen LogP contribution in [0.1, 0.15) is 28.5 Å². The zero-order valence-electron chi connectivity index (χ0n) is 20.7. The van der Waals surface area contributed by atoms with Crippen LogP contribution in [0.4, 0.5) is 22.7 Å². The summed E-state index contributed by atoms with van der Waals surface area (Å²) in [5.41, 5.74) is 5.56. The van der Waals surface area contributed by atoms with Gasteiger partial charge in [0.1, 0.15) is 29.3 Å². The summed E-state index contributed by atoms with van der Waals surface area (Å²) < 4.78 is 63.3. The molecule has 14 heteroatoms. The molecular formula is C26H21F4N5O4S. The van der Waals surface area contributed by atoms with Gasteiger partial charge in [0.25, 0.3) is 5.91 Å². The SMILES string of the molecule is C[C@]1(C(N)=O)COc2c1cc([C@@](O)(CNC(=O)c1ccc3nc(N)sc3c1)C(F)(F)F)nc2-c1ccc(F)cc1. The number of nitrogens with zero attached hydrogens (tertiary/aromatic N) is 2. The average molecular weight is 576 g/mol. The van der Waals surface area contributed by atoms with Gasteiger partial charge in [-0.15, -0.1) is 0 Å². The summed E-state index contributed by atoms with van der Waals surface area (Å²) in [5.74, 6) is -2.41. The molecule has 9 nitrogen and oxygen atoms in total. The van der Waals surface area contributed by atoms with Crippen molar-refractivity contribution in [3.63, 3.8) is 0 Å². The molecule has 40 heavy (non-hydrogen) atoms. The molecule has 2 amide bonds. The summed E-state index contributed by atoms with van der Waals surface area (Å²) in [7, 11) is 0. The van der Waals surface area contributed by atoms with Crippen LogP contribution in [0.5, 0.6) is 5.75 Å². The minimum atomic E-state index is -5.33. The number of carbonyl (C=O) groups excluding carboxylic acids is 2. The maximum Gasteiger partial charge on any atom is 0.424 e. The van der Waals surface area contributed by atoms with E-state index < -0.39 is 47.1 Å². The number of amides is 2. The van der Waals surface area contributed by atoms with E-state index in [0.29, 0.717) is 10.2 Å². The number of nitrogen functional groups attached to an aromatic ring is 1. The third-order valence-electron chi connectivity index (χ3n) is 6.80. The van der Waals surface area contributed by atoms with E-state index in [1.165, 1.54) is 37.3 Å². The first kappa shape index (κ1) is 27.3. The summed E-state index contributed by atoms with van der Waals surface area (Å²) in [6.45, 7) is -0.222. The Kier molecular flexibility index (Phi) is 6.42. The first-order chi connectivity index (χ1) is 18.7. The highest BCUT2D eigenvalue weighted by Gasteiger charge is 2.57. The van der Waals surface area contributed by atoms with Gasteiger partial charge < -0.3 is 26.6 Å². The van der Waals surface area contributed by atoms with Gasteiger partial charge in [-0.25, -0.2) is 14.4 Å². The number of primary amides is 1. The summed E-state index contributed by atoms with van der Waals surface area (Å²) in [6.07, 6.45) is -5.33. The minimum Gasteiger partial charge on any atom is -0.489 e. The number of fused-ring (bicyclic) bond motifs is 2. The molecule has 0 radical (unpaired) electrons. The van der Waals surface area contributed by atoms with E-state index in [4.69, 9.17) is 16.2 Å². The molecule has 1 aliphatic heterocycles. The van der Waals surface area contributed by atoms with Crippen LogP contribution in [-0.2, 0) is 15.8 Å². The van der Waals surface area contributed by atoms with Gasteiger partial charge in [0.2, 0.25) is 11.5 Å². The smallest absolute Gasteiger partial charge is 0.424 e. The Balaban J connectivity index is 1.58. The third kappa shape index (κ3) is 4.48.